The number of pyridine rings is 1. The zero-order valence-electron chi connectivity index (χ0n) is 19.1. The van der Waals surface area contributed by atoms with E-state index in [4.69, 9.17) is 9.72 Å². The van der Waals surface area contributed by atoms with Crippen molar-refractivity contribution in [1.29, 1.82) is 0 Å². The lowest BCUT2D eigenvalue weighted by atomic mass is 9.48. The smallest absolute Gasteiger partial charge is 0.338 e. The first kappa shape index (κ1) is 19.1. The molecule has 0 aliphatic heterocycles. The predicted octanol–water partition coefficient (Wildman–Crippen LogP) is 6.19. The Morgan fingerprint density at radius 2 is 1.13 bits per heavy atom. The molecule has 166 valence electrons. The van der Waals surface area contributed by atoms with Gasteiger partial charge in [-0.3, -0.25) is 4.98 Å². The summed E-state index contributed by atoms with van der Waals surface area (Å²) < 4.78 is 5.51. The van der Waals surface area contributed by atoms with E-state index in [1.807, 2.05) is 6.92 Å². The number of aromatic nitrogens is 1. The molecule has 0 radical (unpaired) electrons. The molecule has 8 fully saturated rings. The van der Waals surface area contributed by atoms with Crippen molar-refractivity contribution < 1.29 is 9.53 Å². The first-order valence-corrected chi connectivity index (χ1v) is 13.2. The van der Waals surface area contributed by atoms with Crippen molar-refractivity contribution in [3.05, 3.63) is 29.1 Å². The summed E-state index contributed by atoms with van der Waals surface area (Å²) in [4.78, 5) is 18.5. The minimum atomic E-state index is -0.137. The second-order valence-electron chi connectivity index (χ2n) is 12.7. The van der Waals surface area contributed by atoms with Gasteiger partial charge in [0.2, 0.25) is 0 Å². The van der Waals surface area contributed by atoms with E-state index in [1.54, 1.807) is 0 Å². The maximum atomic E-state index is 13.0. The number of carbonyl (C=O) groups is 1. The van der Waals surface area contributed by atoms with E-state index in [0.29, 0.717) is 6.61 Å². The maximum Gasteiger partial charge on any atom is 0.338 e. The van der Waals surface area contributed by atoms with Crippen LogP contribution in [0.5, 0.6) is 0 Å². The van der Waals surface area contributed by atoms with Gasteiger partial charge < -0.3 is 4.74 Å². The van der Waals surface area contributed by atoms with Crippen LogP contribution in [0.4, 0.5) is 0 Å². The molecule has 8 aliphatic carbocycles. The Bertz CT molecular complexity index is 785. The third-order valence-electron chi connectivity index (χ3n) is 10.5. The average molecular weight is 420 g/mol. The van der Waals surface area contributed by atoms with E-state index in [9.17, 15) is 4.79 Å². The van der Waals surface area contributed by atoms with Crippen molar-refractivity contribution in [2.75, 3.05) is 6.61 Å². The van der Waals surface area contributed by atoms with E-state index in [2.05, 4.69) is 12.1 Å². The Kier molecular flexibility index (Phi) is 4.06. The number of hydrogen-bond donors (Lipinski definition) is 0. The fraction of sp³-hybridized carbons (Fsp3) is 0.786. The Balaban J connectivity index is 1.34. The molecule has 1 aromatic heterocycles. The normalized spacial score (nSPS) is 46.5. The van der Waals surface area contributed by atoms with Gasteiger partial charge in [0.25, 0.3) is 0 Å². The molecule has 8 aliphatic rings. The molecule has 1 aromatic rings. The highest BCUT2D eigenvalue weighted by atomic mass is 16.5. The van der Waals surface area contributed by atoms with Gasteiger partial charge in [0, 0.05) is 22.2 Å². The number of hydrogen-bond acceptors (Lipinski definition) is 3. The number of carbonyl (C=O) groups excluding carboxylic acids is 1. The molecule has 1 heterocycles. The molecule has 0 saturated heterocycles. The number of rotatable bonds is 4. The van der Waals surface area contributed by atoms with E-state index >= 15 is 0 Å². The zero-order valence-corrected chi connectivity index (χ0v) is 19.1. The number of ether oxygens (including phenoxy) is 1. The van der Waals surface area contributed by atoms with Gasteiger partial charge in [-0.1, -0.05) is 0 Å². The van der Waals surface area contributed by atoms with E-state index in [0.717, 1.165) is 41.1 Å². The lowest BCUT2D eigenvalue weighted by Gasteiger charge is -2.58. The van der Waals surface area contributed by atoms with Crippen LogP contribution in [0, 0.1) is 35.5 Å². The molecule has 8 saturated carbocycles. The van der Waals surface area contributed by atoms with Gasteiger partial charge in [-0.2, -0.15) is 0 Å². The van der Waals surface area contributed by atoms with Crippen molar-refractivity contribution >= 4 is 5.97 Å². The van der Waals surface area contributed by atoms with Crippen LogP contribution < -0.4 is 0 Å². The fourth-order valence-electron chi connectivity index (χ4n) is 10.3. The second kappa shape index (κ2) is 6.58. The molecular weight excluding hydrogens is 382 g/mol. The monoisotopic (exact) mass is 419 g/mol. The highest BCUT2D eigenvalue weighted by Gasteiger charge is 2.55. The molecule has 8 bridgehead atoms. The molecule has 9 rings (SSSR count). The van der Waals surface area contributed by atoms with Crippen molar-refractivity contribution in [3.63, 3.8) is 0 Å². The number of esters is 1. The highest BCUT2D eigenvalue weighted by molar-refractivity contribution is 5.89. The lowest BCUT2D eigenvalue weighted by molar-refractivity contribution is -0.0125. The largest absolute Gasteiger partial charge is 0.462 e. The van der Waals surface area contributed by atoms with Crippen LogP contribution >= 0.6 is 0 Å². The second-order valence-corrected chi connectivity index (χ2v) is 12.7. The van der Waals surface area contributed by atoms with Gasteiger partial charge in [-0.25, -0.2) is 4.79 Å². The van der Waals surface area contributed by atoms with Gasteiger partial charge >= 0.3 is 5.97 Å². The van der Waals surface area contributed by atoms with Gasteiger partial charge in [0.1, 0.15) is 0 Å². The van der Waals surface area contributed by atoms with Crippen molar-refractivity contribution in [2.24, 2.45) is 35.5 Å². The van der Waals surface area contributed by atoms with Crippen molar-refractivity contribution in [3.8, 4) is 0 Å². The summed E-state index contributed by atoms with van der Waals surface area (Å²) in [5.41, 5.74) is 3.78. The summed E-state index contributed by atoms with van der Waals surface area (Å²) in [5.74, 6) is 5.21. The first-order valence-electron chi connectivity index (χ1n) is 13.2. The molecule has 0 atom stereocenters. The summed E-state index contributed by atoms with van der Waals surface area (Å²) in [5, 5.41) is 0. The molecule has 0 amide bonds. The summed E-state index contributed by atoms with van der Waals surface area (Å²) in [7, 11) is 0. The quantitative estimate of drug-likeness (QED) is 0.546. The summed E-state index contributed by atoms with van der Waals surface area (Å²) in [6.45, 7) is 2.36. The molecule has 0 N–H and O–H groups in total. The molecule has 31 heavy (non-hydrogen) atoms. The lowest BCUT2D eigenvalue weighted by Crippen LogP contribution is -2.50. The van der Waals surface area contributed by atoms with Gasteiger partial charge in [-0.05, 0) is 132 Å². The van der Waals surface area contributed by atoms with Crippen LogP contribution in [0.15, 0.2) is 12.1 Å². The van der Waals surface area contributed by atoms with Gasteiger partial charge in [0.15, 0.2) is 0 Å². The molecule has 3 nitrogen and oxygen atoms in total. The van der Waals surface area contributed by atoms with Crippen LogP contribution in [-0.2, 0) is 15.6 Å². The van der Waals surface area contributed by atoms with Crippen molar-refractivity contribution in [1.82, 2.24) is 4.98 Å². The topological polar surface area (TPSA) is 39.2 Å². The SMILES string of the molecule is CCOC(=O)c1cc(C23CC4CC(CC(C4)C2)C3)nc(C23CC4CC(CC(C4)C2)C3)c1. The average Bonchev–Trinajstić information content (AvgIpc) is 2.72. The minimum Gasteiger partial charge on any atom is -0.462 e. The van der Waals surface area contributed by atoms with Gasteiger partial charge in [-0.15, -0.1) is 0 Å². The number of nitrogens with zero attached hydrogens (tertiary/aromatic N) is 1. The molecule has 3 heteroatoms. The highest BCUT2D eigenvalue weighted by Crippen LogP contribution is 2.62. The Morgan fingerprint density at radius 1 is 0.774 bits per heavy atom. The standard InChI is InChI=1S/C28H37NO2/c1-2-31-26(30)23-9-24(27-11-17-3-18(12-27)5-19(4-17)13-27)29-25(10-23)28-14-20-6-21(15-28)8-22(7-20)16-28/h9-10,17-22H,2-8,11-16H2,1H3. The minimum absolute atomic E-state index is 0.137. The summed E-state index contributed by atoms with van der Waals surface area (Å²) in [6.07, 6.45) is 16.5. The van der Waals surface area contributed by atoms with Crippen LogP contribution in [0.25, 0.3) is 0 Å². The van der Waals surface area contributed by atoms with E-state index < -0.39 is 0 Å². The molecule has 0 aromatic carbocycles. The summed E-state index contributed by atoms with van der Waals surface area (Å²) in [6, 6.07) is 4.32. The Morgan fingerprint density at radius 3 is 1.45 bits per heavy atom. The third kappa shape index (κ3) is 2.90. The predicted molar refractivity (Wildman–Crippen MR) is 120 cm³/mol. The van der Waals surface area contributed by atoms with Crippen molar-refractivity contribution in [2.45, 2.75) is 94.8 Å². The van der Waals surface area contributed by atoms with Crippen LogP contribution in [-0.4, -0.2) is 17.6 Å². The first-order chi connectivity index (χ1) is 15.0. The maximum absolute atomic E-state index is 13.0. The Labute approximate surface area is 186 Å². The third-order valence-corrected chi connectivity index (χ3v) is 10.5. The molecule has 0 unspecified atom stereocenters. The zero-order chi connectivity index (χ0) is 20.8. The van der Waals surface area contributed by atoms with Crippen LogP contribution in [0.3, 0.4) is 0 Å². The Hall–Kier alpha value is -1.38. The van der Waals surface area contributed by atoms with Crippen LogP contribution in [0.1, 0.15) is 106 Å². The summed E-state index contributed by atoms with van der Waals surface area (Å²) >= 11 is 0. The van der Waals surface area contributed by atoms with Gasteiger partial charge in [0.05, 0.1) is 12.2 Å². The van der Waals surface area contributed by atoms with Crippen LogP contribution in [0.2, 0.25) is 0 Å². The van der Waals surface area contributed by atoms with E-state index in [-0.39, 0.29) is 16.8 Å². The van der Waals surface area contributed by atoms with E-state index in [1.165, 1.54) is 88.4 Å². The molecular formula is C28H37NO2. The molecule has 0 spiro atoms. The fourth-order valence-corrected chi connectivity index (χ4v) is 10.3.